The fraction of sp³-hybridized carbons (Fsp3) is 0.375. The molecule has 1 N–H and O–H groups in total. The van der Waals surface area contributed by atoms with Crippen LogP contribution < -0.4 is 4.90 Å². The van der Waals surface area contributed by atoms with Crippen LogP contribution in [0.1, 0.15) is 28.7 Å². The number of thioether (sulfide) groups is 1. The zero-order valence-corrected chi connectivity index (χ0v) is 30.5. The van der Waals surface area contributed by atoms with Crippen molar-refractivity contribution in [3.8, 4) is 0 Å². The predicted octanol–water partition coefficient (Wildman–Crippen LogP) is 6.11. The number of anilines is 1. The van der Waals surface area contributed by atoms with Gasteiger partial charge < -0.3 is 19.8 Å². The van der Waals surface area contributed by atoms with Crippen molar-refractivity contribution in [2.45, 2.75) is 60.1 Å². The molecule has 3 aromatic carbocycles. The number of rotatable bonds is 13. The first kappa shape index (κ1) is 35.2. The second-order valence-electron chi connectivity index (χ2n) is 13.4. The van der Waals surface area contributed by atoms with Gasteiger partial charge in [-0.1, -0.05) is 107 Å². The molecule has 1 spiro atoms. The van der Waals surface area contributed by atoms with Gasteiger partial charge in [0.2, 0.25) is 11.8 Å². The monoisotopic (exact) mass is 741 g/mol. The molecule has 0 aromatic heterocycles. The average molecular weight is 743 g/mol. The topological polar surface area (TPSA) is 81.2 Å². The number of benzene rings is 3. The van der Waals surface area contributed by atoms with Crippen LogP contribution in [0.15, 0.2) is 104 Å². The Morgan fingerprint density at radius 2 is 1.57 bits per heavy atom. The van der Waals surface area contributed by atoms with Crippen LogP contribution in [-0.2, 0) is 27.3 Å². The number of aliphatic hydroxyl groups excluding tert-OH is 1. The number of alkyl halides is 1. The Morgan fingerprint density at radius 1 is 0.959 bits per heavy atom. The van der Waals surface area contributed by atoms with Gasteiger partial charge in [0.1, 0.15) is 6.04 Å². The number of para-hydroxylation sites is 1. The van der Waals surface area contributed by atoms with Gasteiger partial charge in [-0.3, -0.25) is 14.4 Å². The van der Waals surface area contributed by atoms with Gasteiger partial charge in [0.25, 0.3) is 5.91 Å². The number of nitrogens with zero attached hydrogens (tertiary/aromatic N) is 3. The van der Waals surface area contributed by atoms with Crippen molar-refractivity contribution < 1.29 is 19.5 Å². The lowest BCUT2D eigenvalue weighted by molar-refractivity contribution is -0.145. The maximum absolute atomic E-state index is 15.3. The molecular weight excluding hydrogens is 698 g/mol. The van der Waals surface area contributed by atoms with Gasteiger partial charge >= 0.3 is 0 Å². The molecule has 3 unspecified atom stereocenters. The lowest BCUT2D eigenvalue weighted by atomic mass is 9.70. The van der Waals surface area contributed by atoms with E-state index < -0.39 is 28.7 Å². The third-order valence-electron chi connectivity index (χ3n) is 10.3. The summed E-state index contributed by atoms with van der Waals surface area (Å²) in [5, 5.41) is 10.8. The molecule has 3 saturated heterocycles. The quantitative estimate of drug-likeness (QED) is 0.169. The Balaban J connectivity index is 1.47. The summed E-state index contributed by atoms with van der Waals surface area (Å²) in [6.45, 7) is 12.5. The van der Waals surface area contributed by atoms with Crippen molar-refractivity contribution in [3.63, 3.8) is 0 Å². The van der Waals surface area contributed by atoms with E-state index in [1.165, 1.54) is 0 Å². The predicted molar refractivity (Wildman–Crippen MR) is 201 cm³/mol. The van der Waals surface area contributed by atoms with Crippen LogP contribution in [0.5, 0.6) is 0 Å². The van der Waals surface area contributed by atoms with Crippen LogP contribution in [-0.4, -0.2) is 79.2 Å². The second-order valence-corrected chi connectivity index (χ2v) is 16.1. The van der Waals surface area contributed by atoms with Gasteiger partial charge in [-0.15, -0.1) is 24.9 Å². The van der Waals surface area contributed by atoms with Gasteiger partial charge in [0.15, 0.2) is 0 Å². The van der Waals surface area contributed by atoms with Crippen LogP contribution in [0.2, 0.25) is 0 Å². The second kappa shape index (κ2) is 14.7. The van der Waals surface area contributed by atoms with Crippen molar-refractivity contribution in [1.82, 2.24) is 9.80 Å². The molecule has 0 radical (unpaired) electrons. The van der Waals surface area contributed by atoms with Crippen LogP contribution in [0.25, 0.3) is 0 Å². The van der Waals surface area contributed by atoms with E-state index in [0.717, 1.165) is 27.9 Å². The zero-order chi connectivity index (χ0) is 34.9. The molecule has 6 rings (SSSR count). The van der Waals surface area contributed by atoms with Crippen LogP contribution in [0, 0.1) is 25.7 Å². The average Bonchev–Trinajstić information content (AvgIpc) is 3.70. The number of amides is 3. The molecular formula is C40H44BrN3O4S. The highest BCUT2D eigenvalue weighted by Crippen LogP contribution is 2.68. The number of carbonyl (C=O) groups is 3. The number of fused-ring (bicyclic) bond motifs is 1. The molecule has 9 heteroatoms. The Bertz CT molecular complexity index is 1700. The Labute approximate surface area is 302 Å². The van der Waals surface area contributed by atoms with Crippen molar-refractivity contribution >= 4 is 51.1 Å². The number of aryl methyl sites for hydroxylation is 2. The normalized spacial score (nSPS) is 25.9. The van der Waals surface area contributed by atoms with Gasteiger partial charge in [0.05, 0.1) is 29.2 Å². The molecule has 3 fully saturated rings. The first-order valence-corrected chi connectivity index (χ1v) is 18.7. The van der Waals surface area contributed by atoms with Crippen molar-refractivity contribution in [2.75, 3.05) is 24.6 Å². The summed E-state index contributed by atoms with van der Waals surface area (Å²) < 4.78 is -0.875. The van der Waals surface area contributed by atoms with Gasteiger partial charge in [0, 0.05) is 35.4 Å². The molecule has 7 nitrogen and oxygen atoms in total. The Hall–Kier alpha value is -3.66. The van der Waals surface area contributed by atoms with E-state index in [-0.39, 0.29) is 41.0 Å². The molecule has 3 amide bonds. The van der Waals surface area contributed by atoms with E-state index in [4.69, 9.17) is 0 Å². The molecule has 2 bridgehead atoms. The smallest absolute Gasteiger partial charge is 0.251 e. The summed E-state index contributed by atoms with van der Waals surface area (Å²) in [7, 11) is 0. The first-order chi connectivity index (χ1) is 23.7. The highest BCUT2D eigenvalue weighted by atomic mass is 79.9. The zero-order valence-electron chi connectivity index (χ0n) is 28.1. The summed E-state index contributed by atoms with van der Waals surface area (Å²) in [6, 6.07) is 23.9. The van der Waals surface area contributed by atoms with Crippen LogP contribution in [0.4, 0.5) is 5.69 Å². The van der Waals surface area contributed by atoms with E-state index >= 15 is 9.59 Å². The molecule has 3 aliphatic heterocycles. The summed E-state index contributed by atoms with van der Waals surface area (Å²) in [5.74, 6) is -1.94. The van der Waals surface area contributed by atoms with Crippen molar-refractivity contribution in [1.29, 1.82) is 0 Å². The number of likely N-dealkylation sites (tertiary alicyclic amines) is 1. The van der Waals surface area contributed by atoms with Gasteiger partial charge in [-0.05, 0) is 48.9 Å². The summed E-state index contributed by atoms with van der Waals surface area (Å²) in [5.41, 5.74) is 4.63. The molecule has 256 valence electrons. The maximum atomic E-state index is 15.3. The lowest BCUT2D eigenvalue weighted by Gasteiger charge is -2.40. The van der Waals surface area contributed by atoms with E-state index in [0.29, 0.717) is 25.9 Å². The van der Waals surface area contributed by atoms with Crippen LogP contribution in [0.3, 0.4) is 0 Å². The highest BCUT2D eigenvalue weighted by molar-refractivity contribution is 9.09. The molecule has 0 aliphatic carbocycles. The largest absolute Gasteiger partial charge is 0.394 e. The number of aliphatic hydroxyl groups is 1. The third-order valence-corrected chi connectivity index (χ3v) is 13.5. The molecule has 0 saturated carbocycles. The Morgan fingerprint density at radius 3 is 2.16 bits per heavy atom. The number of carbonyl (C=O) groups excluding carboxylic acids is 3. The molecule has 49 heavy (non-hydrogen) atoms. The van der Waals surface area contributed by atoms with Crippen LogP contribution >= 0.6 is 27.7 Å². The maximum Gasteiger partial charge on any atom is 0.251 e. The number of hydrogen-bond acceptors (Lipinski definition) is 5. The van der Waals surface area contributed by atoms with E-state index in [2.05, 4.69) is 29.1 Å². The Kier molecular flexibility index (Phi) is 10.5. The standard InChI is InChI=1S/C40H44BrN3O4S/c1-5-20-42(24-29-18-11-8-12-19-29)37(46)32-33-38(47)44(30(25-45)22-28-16-9-7-10-17-28)36(40(33)23-31(41)35(32)49-40)39(48)43(21-6-2)34-26(3)14-13-15-27(34)4/h5-19,30-33,35-36,45H,1-2,20-25H2,3-4H3/t30-,31?,32+,33+,35+,36?,40?/m1/s1. The fourth-order valence-electron chi connectivity index (χ4n) is 8.36. The summed E-state index contributed by atoms with van der Waals surface area (Å²) in [6.07, 6.45) is 4.36. The van der Waals surface area contributed by atoms with Crippen molar-refractivity contribution in [3.05, 3.63) is 126 Å². The minimum absolute atomic E-state index is 0.0807. The van der Waals surface area contributed by atoms with Crippen molar-refractivity contribution in [2.24, 2.45) is 11.8 Å². The van der Waals surface area contributed by atoms with E-state index in [1.54, 1.807) is 38.6 Å². The first-order valence-electron chi connectivity index (χ1n) is 16.9. The molecule has 3 aliphatic rings. The third kappa shape index (κ3) is 6.30. The minimum atomic E-state index is -0.903. The van der Waals surface area contributed by atoms with Gasteiger partial charge in [-0.2, -0.15) is 0 Å². The van der Waals surface area contributed by atoms with Gasteiger partial charge in [-0.25, -0.2) is 0 Å². The fourth-order valence-corrected chi connectivity index (χ4v) is 11.9. The molecule has 3 aromatic rings. The minimum Gasteiger partial charge on any atom is -0.394 e. The molecule has 7 atom stereocenters. The lowest BCUT2D eigenvalue weighted by Crippen LogP contribution is -2.58. The van der Waals surface area contributed by atoms with E-state index in [9.17, 15) is 9.90 Å². The summed E-state index contributed by atoms with van der Waals surface area (Å²) in [4.78, 5) is 50.3. The van der Waals surface area contributed by atoms with E-state index in [1.807, 2.05) is 92.7 Å². The SMILES string of the molecule is C=CCN(Cc1ccccc1)C(=O)[C@H]1[C@H]2C(=O)N([C@@H](CO)Cc3ccccc3)C(C(=O)N(CC=C)c3c(C)cccc3C)C23CC(Br)[C@@H]1S3. The molecule has 3 heterocycles. The highest BCUT2D eigenvalue weighted by Gasteiger charge is 2.76. The number of halogens is 1. The number of hydrogen-bond donors (Lipinski definition) is 1. The summed E-state index contributed by atoms with van der Waals surface area (Å²) >= 11 is 5.53.